The second-order valence-electron chi connectivity index (χ2n) is 14.3. The molecule has 0 saturated heterocycles. The van der Waals surface area contributed by atoms with Crippen molar-refractivity contribution in [1.82, 2.24) is 0 Å². The lowest BCUT2D eigenvalue weighted by atomic mass is 9.84. The standard InChI is InChI=1S/C50H33O2P2/c51-53(35-21-9-3-10-22-35)45-27-15-13-25-37(45)39-29-41-43(31-47(39)53)50(34-19-7-2-8-20-34)44-32-48-40(30-42(44)49(41)33-17-5-1-6-18-33)38-26-14-16-28-46(38)54(48,52)36-23-11-4-12-24-36/h1-32,51H/q+1. The number of hydrogen-bond acceptors (Lipinski definition) is 2. The van der Waals surface area contributed by atoms with Gasteiger partial charge in [0.05, 0.1) is 0 Å². The van der Waals surface area contributed by atoms with Crippen LogP contribution in [-0.4, -0.2) is 4.89 Å². The van der Waals surface area contributed by atoms with Gasteiger partial charge >= 0.3 is 0 Å². The first kappa shape index (κ1) is 31.6. The molecule has 11 rings (SSSR count). The van der Waals surface area contributed by atoms with E-state index in [0.717, 1.165) is 97.9 Å². The van der Waals surface area contributed by atoms with E-state index in [2.05, 4.69) is 133 Å². The van der Waals surface area contributed by atoms with Crippen molar-refractivity contribution in [1.29, 1.82) is 0 Å². The van der Waals surface area contributed by atoms with Crippen LogP contribution in [0, 0.1) is 0 Å². The minimum absolute atomic E-state index is 0.842. The van der Waals surface area contributed by atoms with E-state index in [-0.39, 0.29) is 0 Å². The summed E-state index contributed by atoms with van der Waals surface area (Å²) in [5.41, 5.74) is 8.62. The van der Waals surface area contributed by atoms with E-state index < -0.39 is 14.6 Å². The highest BCUT2D eigenvalue weighted by atomic mass is 31.2. The molecule has 2 nitrogen and oxygen atoms in total. The summed E-state index contributed by atoms with van der Waals surface area (Å²) in [4.78, 5) is 13.2. The average molecular weight is 728 g/mol. The molecule has 0 radical (unpaired) electrons. The molecule has 0 saturated carbocycles. The molecule has 2 heterocycles. The highest BCUT2D eigenvalue weighted by Gasteiger charge is 2.53. The normalized spacial score (nSPS) is 17.9. The van der Waals surface area contributed by atoms with Crippen molar-refractivity contribution in [3.8, 4) is 44.5 Å². The molecule has 254 valence electrons. The first-order chi connectivity index (χ1) is 26.6. The van der Waals surface area contributed by atoms with Gasteiger partial charge in [-0.3, -0.25) is 0 Å². The van der Waals surface area contributed by atoms with Crippen LogP contribution in [0.25, 0.3) is 66.1 Å². The van der Waals surface area contributed by atoms with E-state index >= 15 is 4.57 Å². The Morgan fingerprint density at radius 3 is 1.52 bits per heavy atom. The zero-order valence-corrected chi connectivity index (χ0v) is 31.0. The molecule has 0 amide bonds. The van der Waals surface area contributed by atoms with Crippen molar-refractivity contribution in [2.24, 2.45) is 0 Å². The molecule has 2 aliphatic rings. The minimum Gasteiger partial charge on any atom is -0.309 e. The predicted molar refractivity (Wildman–Crippen MR) is 231 cm³/mol. The Labute approximate surface area is 314 Å². The Morgan fingerprint density at radius 1 is 0.389 bits per heavy atom. The zero-order valence-electron chi connectivity index (χ0n) is 29.2. The Bertz CT molecular complexity index is 3020. The molecule has 2 aliphatic heterocycles. The number of rotatable bonds is 4. The molecule has 4 heteroatoms. The van der Waals surface area contributed by atoms with Crippen LogP contribution in [0.2, 0.25) is 0 Å². The van der Waals surface area contributed by atoms with Gasteiger partial charge in [0.25, 0.3) is 0 Å². The summed E-state index contributed by atoms with van der Waals surface area (Å²) < 4.78 is 15.9. The molecule has 0 aliphatic carbocycles. The molecular formula is C50H33O2P2+. The van der Waals surface area contributed by atoms with Gasteiger partial charge in [0.2, 0.25) is 7.49 Å². The van der Waals surface area contributed by atoms with E-state index in [0.29, 0.717) is 0 Å². The lowest BCUT2D eigenvalue weighted by molar-refractivity contribution is 0.593. The van der Waals surface area contributed by atoms with Crippen LogP contribution in [-0.2, 0) is 4.57 Å². The van der Waals surface area contributed by atoms with Crippen molar-refractivity contribution < 1.29 is 9.46 Å². The second-order valence-corrected chi connectivity index (χ2v) is 19.7. The molecule has 2 atom stereocenters. The fourth-order valence-electron chi connectivity index (χ4n) is 9.14. The maximum atomic E-state index is 15.9. The summed E-state index contributed by atoms with van der Waals surface area (Å²) in [6.45, 7) is 0. The van der Waals surface area contributed by atoms with E-state index in [1.54, 1.807) is 0 Å². The summed E-state index contributed by atoms with van der Waals surface area (Å²) in [7, 11) is -6.19. The third-order valence-corrected chi connectivity index (χ3v) is 17.8. The Hall–Kier alpha value is -5.88. The monoisotopic (exact) mass is 727 g/mol. The lowest BCUT2D eigenvalue weighted by Gasteiger charge is -2.22. The largest absolute Gasteiger partial charge is 0.309 e. The van der Waals surface area contributed by atoms with Crippen LogP contribution in [0.5, 0.6) is 0 Å². The van der Waals surface area contributed by atoms with Crippen molar-refractivity contribution in [2.45, 2.75) is 0 Å². The van der Waals surface area contributed by atoms with Gasteiger partial charge in [-0.05, 0) is 97.4 Å². The average Bonchev–Trinajstić information content (AvgIpc) is 3.65. The molecule has 9 aromatic carbocycles. The summed E-state index contributed by atoms with van der Waals surface area (Å²) in [5, 5.41) is 9.87. The molecule has 2 unspecified atom stereocenters. The van der Waals surface area contributed by atoms with Crippen molar-refractivity contribution in [2.75, 3.05) is 0 Å². The van der Waals surface area contributed by atoms with Gasteiger partial charge in [0.1, 0.15) is 15.9 Å². The summed E-state index contributed by atoms with van der Waals surface area (Å²) in [6, 6.07) is 67.3. The van der Waals surface area contributed by atoms with Gasteiger partial charge in [-0.2, -0.15) is 0 Å². The van der Waals surface area contributed by atoms with E-state index in [1.165, 1.54) is 0 Å². The van der Waals surface area contributed by atoms with Gasteiger partial charge in [-0.15, -0.1) is 0 Å². The molecule has 0 spiro atoms. The highest BCUT2D eigenvalue weighted by molar-refractivity contribution is 7.92. The topological polar surface area (TPSA) is 37.3 Å². The molecular weight excluding hydrogens is 694 g/mol. The van der Waals surface area contributed by atoms with Crippen molar-refractivity contribution >= 4 is 68.0 Å². The SMILES string of the molecule is O=P1(c2ccccc2)c2ccccc2-c2cc3c(-c4ccccc4)c4cc5c(cc4c(-c4ccccc4)c3cc21)[P+](O)(c1ccccc1)c1ccccc1-5. The maximum Gasteiger partial charge on any atom is 0.239 e. The molecule has 0 bridgehead atoms. The molecule has 54 heavy (non-hydrogen) atoms. The van der Waals surface area contributed by atoms with E-state index in [9.17, 15) is 4.89 Å². The summed E-state index contributed by atoms with van der Waals surface area (Å²) in [5.74, 6) is 0. The van der Waals surface area contributed by atoms with Gasteiger partial charge in [0, 0.05) is 27.0 Å². The fraction of sp³-hybridized carbons (Fsp3) is 0. The minimum atomic E-state index is -3.21. The highest BCUT2D eigenvalue weighted by Crippen LogP contribution is 2.61. The maximum absolute atomic E-state index is 15.9. The van der Waals surface area contributed by atoms with Gasteiger partial charge < -0.3 is 4.57 Å². The predicted octanol–water partition coefficient (Wildman–Crippen LogP) is 10.1. The molecule has 9 aromatic rings. The van der Waals surface area contributed by atoms with Gasteiger partial charge in [-0.1, -0.05) is 152 Å². The van der Waals surface area contributed by atoms with Gasteiger partial charge in [-0.25, -0.2) is 4.89 Å². The van der Waals surface area contributed by atoms with Crippen LogP contribution in [0.1, 0.15) is 0 Å². The van der Waals surface area contributed by atoms with Crippen molar-refractivity contribution in [3.05, 3.63) is 194 Å². The van der Waals surface area contributed by atoms with Crippen molar-refractivity contribution in [3.63, 3.8) is 0 Å². The second kappa shape index (κ2) is 11.8. The third kappa shape index (κ3) is 4.28. The van der Waals surface area contributed by atoms with Crippen LogP contribution in [0.3, 0.4) is 0 Å². The smallest absolute Gasteiger partial charge is 0.239 e. The third-order valence-electron chi connectivity index (χ3n) is 11.5. The molecule has 0 aromatic heterocycles. The molecule has 0 fully saturated rings. The lowest BCUT2D eigenvalue weighted by Crippen LogP contribution is -2.26. The zero-order chi connectivity index (χ0) is 36.0. The Morgan fingerprint density at radius 2 is 0.870 bits per heavy atom. The van der Waals surface area contributed by atoms with E-state index in [4.69, 9.17) is 0 Å². The van der Waals surface area contributed by atoms with Gasteiger partial charge in [0.15, 0.2) is 7.14 Å². The Kier molecular flexibility index (Phi) is 6.92. The Balaban J connectivity index is 1.35. The first-order valence-corrected chi connectivity index (χ1v) is 21.8. The van der Waals surface area contributed by atoms with Crippen LogP contribution in [0.4, 0.5) is 0 Å². The van der Waals surface area contributed by atoms with E-state index in [1.807, 2.05) is 60.7 Å². The summed E-state index contributed by atoms with van der Waals surface area (Å²) in [6.07, 6.45) is 0. The number of benzene rings is 9. The number of fused-ring (bicyclic) bond motifs is 8. The molecule has 1 N–H and O–H groups in total. The van der Waals surface area contributed by atoms with Crippen LogP contribution >= 0.6 is 14.6 Å². The summed E-state index contributed by atoms with van der Waals surface area (Å²) >= 11 is 0. The van der Waals surface area contributed by atoms with Crippen LogP contribution in [0.15, 0.2) is 194 Å². The quantitative estimate of drug-likeness (QED) is 0.145. The first-order valence-electron chi connectivity index (χ1n) is 18.3. The number of hydrogen-bond donors (Lipinski definition) is 1. The fourth-order valence-corrected chi connectivity index (χ4v) is 15.3. The van der Waals surface area contributed by atoms with Crippen LogP contribution < -0.4 is 31.8 Å².